The number of nitrogens with zero attached hydrogens (tertiary/aromatic N) is 2. The third kappa shape index (κ3) is 3.66. The minimum absolute atomic E-state index is 0.0287. The molecule has 0 aliphatic carbocycles. The molecule has 1 aliphatic rings. The molecular weight excluding hydrogens is 276 g/mol. The average Bonchev–Trinajstić information content (AvgIpc) is 2.89. The zero-order valence-corrected chi connectivity index (χ0v) is 12.5. The topological polar surface area (TPSA) is 59.5 Å². The fourth-order valence-corrected chi connectivity index (χ4v) is 2.80. The molecule has 0 bridgehead atoms. The molecule has 0 aromatic carbocycles. The van der Waals surface area contributed by atoms with E-state index >= 15 is 0 Å². The lowest BCUT2D eigenvalue weighted by Crippen LogP contribution is -2.39. The molecule has 1 aromatic heterocycles. The molecule has 1 fully saturated rings. The van der Waals surface area contributed by atoms with E-state index in [0.29, 0.717) is 25.9 Å². The summed E-state index contributed by atoms with van der Waals surface area (Å²) in [6.45, 7) is 3.12. The fraction of sp³-hybridized carbons (Fsp3) is 0.500. The summed E-state index contributed by atoms with van der Waals surface area (Å²) in [6, 6.07) is 0. The number of aryl methyl sites for hydroxylation is 1. The van der Waals surface area contributed by atoms with Gasteiger partial charge in [0, 0.05) is 24.5 Å². The van der Waals surface area contributed by atoms with E-state index in [0.717, 1.165) is 10.7 Å². The van der Waals surface area contributed by atoms with E-state index in [1.54, 1.807) is 28.4 Å². The first-order chi connectivity index (χ1) is 9.60. The van der Waals surface area contributed by atoms with Gasteiger partial charge in [0.1, 0.15) is 0 Å². The van der Waals surface area contributed by atoms with Crippen LogP contribution in [0.2, 0.25) is 0 Å². The lowest BCUT2D eigenvalue weighted by molar-refractivity contribution is -0.148. The van der Waals surface area contributed by atoms with Gasteiger partial charge in [-0.1, -0.05) is 0 Å². The number of ether oxygens (including phenoxy) is 1. The molecule has 0 saturated carbocycles. The molecular formula is C14H18N2O3S. The monoisotopic (exact) mass is 294 g/mol. The molecule has 20 heavy (non-hydrogen) atoms. The summed E-state index contributed by atoms with van der Waals surface area (Å²) in [6.07, 6.45) is 4.62. The Kier molecular flexibility index (Phi) is 4.89. The Balaban J connectivity index is 1.86. The molecule has 0 N–H and O–H groups in total. The Morgan fingerprint density at radius 1 is 1.45 bits per heavy atom. The van der Waals surface area contributed by atoms with Gasteiger partial charge in [-0.15, -0.1) is 11.3 Å². The average molecular weight is 294 g/mol. The van der Waals surface area contributed by atoms with Crippen LogP contribution < -0.4 is 0 Å². The van der Waals surface area contributed by atoms with Gasteiger partial charge in [-0.2, -0.15) is 0 Å². The van der Waals surface area contributed by atoms with E-state index in [1.165, 1.54) is 7.11 Å². The lowest BCUT2D eigenvalue weighted by atomic mass is 9.97. The number of carbonyl (C=O) groups excluding carboxylic acids is 2. The lowest BCUT2D eigenvalue weighted by Gasteiger charge is -2.29. The molecule has 0 atom stereocenters. The third-order valence-corrected chi connectivity index (χ3v) is 4.17. The van der Waals surface area contributed by atoms with Crippen LogP contribution in [0.5, 0.6) is 0 Å². The van der Waals surface area contributed by atoms with Crippen LogP contribution in [0.1, 0.15) is 23.5 Å². The van der Waals surface area contributed by atoms with E-state index in [2.05, 4.69) is 4.98 Å². The molecule has 0 unspecified atom stereocenters. The number of carbonyl (C=O) groups is 2. The van der Waals surface area contributed by atoms with Crippen LogP contribution in [0.3, 0.4) is 0 Å². The molecule has 1 aromatic rings. The molecule has 1 saturated heterocycles. The predicted octanol–water partition coefficient (Wildman–Crippen LogP) is 1.88. The number of methoxy groups -OCH3 is 1. The van der Waals surface area contributed by atoms with E-state index in [1.807, 2.05) is 12.3 Å². The van der Waals surface area contributed by atoms with Crippen molar-refractivity contribution < 1.29 is 14.3 Å². The van der Waals surface area contributed by atoms with Gasteiger partial charge in [0.05, 0.1) is 23.7 Å². The molecule has 1 amide bonds. The number of rotatable bonds is 3. The molecule has 0 radical (unpaired) electrons. The molecule has 108 valence electrons. The van der Waals surface area contributed by atoms with E-state index < -0.39 is 0 Å². The molecule has 5 nitrogen and oxygen atoms in total. The zero-order valence-electron chi connectivity index (χ0n) is 11.7. The Labute approximate surface area is 122 Å². The summed E-state index contributed by atoms with van der Waals surface area (Å²) >= 11 is 1.56. The van der Waals surface area contributed by atoms with E-state index in [4.69, 9.17) is 4.74 Å². The van der Waals surface area contributed by atoms with Gasteiger partial charge < -0.3 is 9.64 Å². The highest BCUT2D eigenvalue weighted by Gasteiger charge is 2.26. The van der Waals surface area contributed by atoms with Crippen LogP contribution in [0.4, 0.5) is 0 Å². The van der Waals surface area contributed by atoms with Crippen LogP contribution in [0.15, 0.2) is 11.5 Å². The van der Waals surface area contributed by atoms with Crippen LogP contribution >= 0.6 is 11.3 Å². The summed E-state index contributed by atoms with van der Waals surface area (Å²) < 4.78 is 4.73. The summed E-state index contributed by atoms with van der Waals surface area (Å²) in [5.41, 5.74) is 0.810. The summed E-state index contributed by atoms with van der Waals surface area (Å²) in [5, 5.41) is 2.90. The number of hydrogen-bond donors (Lipinski definition) is 0. The number of amides is 1. The maximum absolute atomic E-state index is 12.0. The number of thiazole rings is 1. The van der Waals surface area contributed by atoms with Gasteiger partial charge >= 0.3 is 5.97 Å². The maximum Gasteiger partial charge on any atom is 0.308 e. The van der Waals surface area contributed by atoms with Crippen molar-refractivity contribution in [2.24, 2.45) is 5.92 Å². The van der Waals surface area contributed by atoms with E-state index in [-0.39, 0.29) is 17.8 Å². The quantitative estimate of drug-likeness (QED) is 0.631. The van der Waals surface area contributed by atoms with Crippen molar-refractivity contribution in [1.82, 2.24) is 9.88 Å². The molecule has 1 aliphatic heterocycles. The number of piperidine rings is 1. The third-order valence-electron chi connectivity index (χ3n) is 3.37. The normalized spacial score (nSPS) is 16.6. The summed E-state index contributed by atoms with van der Waals surface area (Å²) in [5.74, 6) is -0.279. The first-order valence-corrected chi connectivity index (χ1v) is 7.45. The molecule has 0 spiro atoms. The van der Waals surface area contributed by atoms with Crippen molar-refractivity contribution in [3.8, 4) is 0 Å². The van der Waals surface area contributed by atoms with Gasteiger partial charge in [0.2, 0.25) is 5.91 Å². The van der Waals surface area contributed by atoms with Crippen molar-refractivity contribution >= 4 is 29.3 Å². The van der Waals surface area contributed by atoms with Crippen LogP contribution in [0, 0.1) is 12.8 Å². The highest BCUT2D eigenvalue weighted by atomic mass is 32.1. The van der Waals surface area contributed by atoms with Gasteiger partial charge in [-0.3, -0.25) is 9.59 Å². The predicted molar refractivity (Wildman–Crippen MR) is 77.2 cm³/mol. The van der Waals surface area contributed by atoms with E-state index in [9.17, 15) is 9.59 Å². The number of aromatic nitrogens is 1. The Morgan fingerprint density at radius 2 is 2.15 bits per heavy atom. The van der Waals surface area contributed by atoms with Crippen molar-refractivity contribution in [2.45, 2.75) is 19.8 Å². The SMILES string of the molecule is COC(=O)C1CCN(C(=O)/C=C\c2csc(C)n2)CC1. The smallest absolute Gasteiger partial charge is 0.308 e. The van der Waals surface area contributed by atoms with Crippen molar-refractivity contribution in [2.75, 3.05) is 20.2 Å². The fourth-order valence-electron chi connectivity index (χ4n) is 2.22. The van der Waals surface area contributed by atoms with Crippen molar-refractivity contribution in [3.63, 3.8) is 0 Å². The summed E-state index contributed by atoms with van der Waals surface area (Å²) in [7, 11) is 1.40. The minimum Gasteiger partial charge on any atom is -0.469 e. The van der Waals surface area contributed by atoms with Crippen LogP contribution in [-0.2, 0) is 14.3 Å². The molecule has 2 heterocycles. The molecule has 2 rings (SSSR count). The van der Waals surface area contributed by atoms with Crippen molar-refractivity contribution in [3.05, 3.63) is 22.2 Å². The first kappa shape index (κ1) is 14.7. The number of hydrogen-bond acceptors (Lipinski definition) is 5. The second kappa shape index (κ2) is 6.65. The standard InChI is InChI=1S/C14H18N2O3S/c1-10-15-12(9-20-10)3-4-13(17)16-7-5-11(6-8-16)14(18)19-2/h3-4,9,11H,5-8H2,1-2H3/b4-3-. The highest BCUT2D eigenvalue weighted by molar-refractivity contribution is 7.09. The second-order valence-corrected chi connectivity index (χ2v) is 5.81. The van der Waals surface area contributed by atoms with Gasteiger partial charge in [-0.25, -0.2) is 4.98 Å². The summed E-state index contributed by atoms with van der Waals surface area (Å²) in [4.78, 5) is 29.5. The first-order valence-electron chi connectivity index (χ1n) is 6.57. The minimum atomic E-state index is -0.175. The highest BCUT2D eigenvalue weighted by Crippen LogP contribution is 2.19. The Hall–Kier alpha value is -1.69. The number of likely N-dealkylation sites (tertiary alicyclic amines) is 1. The number of esters is 1. The van der Waals surface area contributed by atoms with Crippen molar-refractivity contribution in [1.29, 1.82) is 0 Å². The second-order valence-electron chi connectivity index (χ2n) is 4.75. The molecule has 6 heteroatoms. The Bertz CT molecular complexity index is 516. The van der Waals surface area contributed by atoms with Crippen LogP contribution in [0.25, 0.3) is 6.08 Å². The zero-order chi connectivity index (χ0) is 14.5. The maximum atomic E-state index is 12.0. The largest absolute Gasteiger partial charge is 0.469 e. The Morgan fingerprint density at radius 3 is 2.70 bits per heavy atom. The van der Waals surface area contributed by atoms with Gasteiger partial charge in [0.25, 0.3) is 0 Å². The van der Waals surface area contributed by atoms with Gasteiger partial charge in [-0.05, 0) is 25.8 Å². The van der Waals surface area contributed by atoms with Crippen LogP contribution in [-0.4, -0.2) is 42.0 Å². The van der Waals surface area contributed by atoms with Gasteiger partial charge in [0.15, 0.2) is 0 Å².